The Hall–Kier alpha value is -3.16. The third-order valence-electron chi connectivity index (χ3n) is 4.87. The zero-order valence-electron chi connectivity index (χ0n) is 15.3. The van der Waals surface area contributed by atoms with Crippen molar-refractivity contribution in [2.45, 2.75) is 19.8 Å². The molecule has 1 aliphatic heterocycles. The number of methoxy groups -OCH3 is 1. The standard InChI is InChI=1S/C19H21N5O3/c1-12-16-17(20-11-21-19(16)27-23-12)24-9-3-4-13(10-24)18(25)22-14-5-7-15(26-2)8-6-14/h5-8,11,13H,3-4,9-10H2,1-2H3,(H,22,25). The summed E-state index contributed by atoms with van der Waals surface area (Å²) in [7, 11) is 1.62. The number of aromatic nitrogens is 3. The minimum atomic E-state index is -0.119. The summed E-state index contributed by atoms with van der Waals surface area (Å²) in [5.41, 5.74) is 1.99. The molecule has 8 heteroatoms. The molecule has 0 aliphatic carbocycles. The van der Waals surface area contributed by atoms with Gasteiger partial charge in [0, 0.05) is 18.8 Å². The summed E-state index contributed by atoms with van der Waals surface area (Å²) >= 11 is 0. The van der Waals surface area contributed by atoms with Gasteiger partial charge in [0.15, 0.2) is 0 Å². The molecule has 0 spiro atoms. The molecular formula is C19H21N5O3. The normalized spacial score (nSPS) is 17.1. The number of hydrogen-bond donors (Lipinski definition) is 1. The summed E-state index contributed by atoms with van der Waals surface area (Å²) in [5.74, 6) is 1.43. The third-order valence-corrected chi connectivity index (χ3v) is 4.87. The van der Waals surface area contributed by atoms with Crippen molar-refractivity contribution in [2.75, 3.05) is 30.4 Å². The van der Waals surface area contributed by atoms with E-state index < -0.39 is 0 Å². The van der Waals surface area contributed by atoms with Gasteiger partial charge in [-0.3, -0.25) is 4.79 Å². The number of rotatable bonds is 4. The minimum Gasteiger partial charge on any atom is -0.497 e. The van der Waals surface area contributed by atoms with Gasteiger partial charge in [0.1, 0.15) is 23.3 Å². The molecule has 8 nitrogen and oxygen atoms in total. The molecule has 1 aliphatic rings. The van der Waals surface area contributed by atoms with Crippen LogP contribution in [0.4, 0.5) is 11.5 Å². The van der Waals surface area contributed by atoms with E-state index in [0.29, 0.717) is 12.3 Å². The van der Waals surface area contributed by atoms with Gasteiger partial charge < -0.3 is 19.5 Å². The van der Waals surface area contributed by atoms with E-state index in [9.17, 15) is 4.79 Å². The molecule has 1 fully saturated rings. The van der Waals surface area contributed by atoms with Crippen LogP contribution in [-0.4, -0.2) is 41.2 Å². The summed E-state index contributed by atoms with van der Waals surface area (Å²) in [6, 6.07) is 7.34. The lowest BCUT2D eigenvalue weighted by molar-refractivity contribution is -0.120. The second kappa shape index (κ2) is 7.22. The molecule has 3 aromatic rings. The molecule has 1 N–H and O–H groups in total. The number of amides is 1. The van der Waals surface area contributed by atoms with Crippen LogP contribution < -0.4 is 15.0 Å². The lowest BCUT2D eigenvalue weighted by Gasteiger charge is -2.33. The van der Waals surface area contributed by atoms with E-state index in [-0.39, 0.29) is 11.8 Å². The molecule has 0 bridgehead atoms. The predicted molar refractivity (Wildman–Crippen MR) is 101 cm³/mol. The molecule has 1 atom stereocenters. The number of benzene rings is 1. The van der Waals surface area contributed by atoms with Crippen LogP contribution in [0.15, 0.2) is 35.1 Å². The van der Waals surface area contributed by atoms with Crippen molar-refractivity contribution < 1.29 is 14.1 Å². The highest BCUT2D eigenvalue weighted by Gasteiger charge is 2.28. The van der Waals surface area contributed by atoms with Crippen molar-refractivity contribution >= 4 is 28.5 Å². The summed E-state index contributed by atoms with van der Waals surface area (Å²) < 4.78 is 10.4. The molecule has 2 aromatic heterocycles. The molecule has 1 saturated heterocycles. The van der Waals surface area contributed by atoms with E-state index >= 15 is 0 Å². The Labute approximate surface area is 156 Å². The molecule has 0 radical (unpaired) electrons. The highest BCUT2D eigenvalue weighted by atomic mass is 16.5. The van der Waals surface area contributed by atoms with Gasteiger partial charge in [-0.05, 0) is 44.0 Å². The Morgan fingerprint density at radius 3 is 2.89 bits per heavy atom. The quantitative estimate of drug-likeness (QED) is 0.758. The van der Waals surface area contributed by atoms with Crippen molar-refractivity contribution in [3.8, 4) is 5.75 Å². The van der Waals surface area contributed by atoms with Crippen molar-refractivity contribution in [3.05, 3.63) is 36.3 Å². The first-order chi connectivity index (χ1) is 13.2. The molecule has 4 rings (SSSR count). The molecule has 1 unspecified atom stereocenters. The topological polar surface area (TPSA) is 93.4 Å². The highest BCUT2D eigenvalue weighted by Crippen LogP contribution is 2.30. The molecule has 1 amide bonds. The average Bonchev–Trinajstić information content (AvgIpc) is 3.10. The number of piperidine rings is 1. The van der Waals surface area contributed by atoms with Crippen molar-refractivity contribution in [2.24, 2.45) is 5.92 Å². The second-order valence-corrected chi connectivity index (χ2v) is 6.65. The van der Waals surface area contributed by atoms with Gasteiger partial charge in [0.25, 0.3) is 5.71 Å². The van der Waals surface area contributed by atoms with Crippen molar-refractivity contribution in [1.82, 2.24) is 15.1 Å². The largest absolute Gasteiger partial charge is 0.497 e. The van der Waals surface area contributed by atoms with Crippen LogP contribution in [0.3, 0.4) is 0 Å². The van der Waals surface area contributed by atoms with Crippen LogP contribution in [0.2, 0.25) is 0 Å². The molecule has 1 aromatic carbocycles. The number of hydrogen-bond acceptors (Lipinski definition) is 7. The molecular weight excluding hydrogens is 346 g/mol. The number of anilines is 2. The van der Waals surface area contributed by atoms with E-state index in [1.165, 1.54) is 6.33 Å². The molecule has 27 heavy (non-hydrogen) atoms. The molecule has 0 saturated carbocycles. The number of nitrogens with zero attached hydrogens (tertiary/aromatic N) is 4. The van der Waals surface area contributed by atoms with E-state index in [0.717, 1.165) is 47.7 Å². The van der Waals surface area contributed by atoms with Crippen molar-refractivity contribution in [3.63, 3.8) is 0 Å². The van der Waals surface area contributed by atoms with Gasteiger partial charge in [-0.25, -0.2) is 4.98 Å². The summed E-state index contributed by atoms with van der Waals surface area (Å²) in [4.78, 5) is 23.4. The molecule has 3 heterocycles. The zero-order chi connectivity index (χ0) is 18.8. The Kier molecular flexibility index (Phi) is 4.62. The maximum atomic E-state index is 12.7. The van der Waals surface area contributed by atoms with Crippen LogP contribution in [0, 0.1) is 12.8 Å². The fourth-order valence-corrected chi connectivity index (χ4v) is 3.45. The number of ether oxygens (including phenoxy) is 1. The first kappa shape index (κ1) is 17.3. The van der Waals surface area contributed by atoms with Gasteiger partial charge in [-0.15, -0.1) is 0 Å². The Bertz CT molecular complexity index is 954. The van der Waals surface area contributed by atoms with Crippen LogP contribution in [0.25, 0.3) is 11.1 Å². The van der Waals surface area contributed by atoms with E-state index in [4.69, 9.17) is 9.26 Å². The SMILES string of the molecule is COc1ccc(NC(=O)C2CCCN(c3ncnc4onc(C)c34)C2)cc1. The first-order valence-electron chi connectivity index (χ1n) is 8.92. The van der Waals surface area contributed by atoms with Gasteiger partial charge in [0.2, 0.25) is 5.91 Å². The van der Waals surface area contributed by atoms with E-state index in [1.54, 1.807) is 7.11 Å². The molecule has 140 valence electrons. The highest BCUT2D eigenvalue weighted by molar-refractivity contribution is 5.93. The predicted octanol–water partition coefficient (Wildman–Crippen LogP) is 2.79. The Morgan fingerprint density at radius 2 is 2.11 bits per heavy atom. The first-order valence-corrected chi connectivity index (χ1v) is 8.92. The number of fused-ring (bicyclic) bond motifs is 1. The van der Waals surface area contributed by atoms with E-state index in [1.807, 2.05) is 31.2 Å². The maximum absolute atomic E-state index is 12.7. The second-order valence-electron chi connectivity index (χ2n) is 6.65. The number of aryl methyl sites for hydroxylation is 1. The van der Waals surface area contributed by atoms with Gasteiger partial charge in [0.05, 0.1) is 18.7 Å². The minimum absolute atomic E-state index is 0.0113. The fourth-order valence-electron chi connectivity index (χ4n) is 3.45. The average molecular weight is 367 g/mol. The summed E-state index contributed by atoms with van der Waals surface area (Å²) in [6.07, 6.45) is 3.23. The van der Waals surface area contributed by atoms with Crippen LogP contribution in [-0.2, 0) is 4.79 Å². The van der Waals surface area contributed by atoms with Crippen molar-refractivity contribution in [1.29, 1.82) is 0 Å². The van der Waals surface area contributed by atoms with Crippen LogP contribution in [0.5, 0.6) is 5.75 Å². The summed E-state index contributed by atoms with van der Waals surface area (Å²) in [5, 5.41) is 7.79. The Morgan fingerprint density at radius 1 is 1.30 bits per heavy atom. The third kappa shape index (κ3) is 3.42. The number of nitrogens with one attached hydrogen (secondary N) is 1. The monoisotopic (exact) mass is 367 g/mol. The van der Waals surface area contributed by atoms with Gasteiger partial charge in [-0.2, -0.15) is 4.98 Å². The lowest BCUT2D eigenvalue weighted by atomic mass is 9.96. The van der Waals surface area contributed by atoms with Gasteiger partial charge in [-0.1, -0.05) is 5.16 Å². The smallest absolute Gasteiger partial charge is 0.263 e. The van der Waals surface area contributed by atoms with Crippen LogP contribution in [0.1, 0.15) is 18.5 Å². The summed E-state index contributed by atoms with van der Waals surface area (Å²) in [6.45, 7) is 3.30. The number of carbonyl (C=O) groups excluding carboxylic acids is 1. The van der Waals surface area contributed by atoms with Crippen LogP contribution >= 0.6 is 0 Å². The van der Waals surface area contributed by atoms with E-state index in [2.05, 4.69) is 25.3 Å². The Balaban J connectivity index is 1.50. The van der Waals surface area contributed by atoms with Gasteiger partial charge >= 0.3 is 0 Å². The zero-order valence-corrected chi connectivity index (χ0v) is 15.3. The lowest BCUT2D eigenvalue weighted by Crippen LogP contribution is -2.41. The maximum Gasteiger partial charge on any atom is 0.263 e. The number of carbonyl (C=O) groups is 1. The fraction of sp³-hybridized carbons (Fsp3) is 0.368.